The molecule has 0 aromatic carbocycles. The summed E-state index contributed by atoms with van der Waals surface area (Å²) in [5, 5.41) is 3.59. The Balaban J connectivity index is 1.52. The van der Waals surface area contributed by atoms with Crippen LogP contribution in [-0.4, -0.2) is 37.6 Å². The highest BCUT2D eigenvalue weighted by molar-refractivity contribution is 4.88. The molecule has 100 valence electrons. The highest BCUT2D eigenvalue weighted by atomic mass is 15.2. The van der Waals surface area contributed by atoms with E-state index in [-0.39, 0.29) is 0 Å². The Morgan fingerprint density at radius 3 is 2.29 bits per heavy atom. The van der Waals surface area contributed by atoms with Crippen LogP contribution in [0.3, 0.4) is 0 Å². The largest absolute Gasteiger partial charge is 0.315 e. The molecule has 0 aromatic heterocycles. The Bertz CT molecular complexity index is 220. The molecule has 1 heterocycles. The predicted molar refractivity (Wildman–Crippen MR) is 74.2 cm³/mol. The van der Waals surface area contributed by atoms with Crippen molar-refractivity contribution in [2.45, 2.75) is 46.5 Å². The van der Waals surface area contributed by atoms with Gasteiger partial charge in [0.2, 0.25) is 0 Å². The maximum Gasteiger partial charge on any atom is 0.0107 e. The Morgan fingerprint density at radius 2 is 1.71 bits per heavy atom. The predicted octanol–water partition coefficient (Wildman–Crippen LogP) is 2.74. The summed E-state index contributed by atoms with van der Waals surface area (Å²) in [5.41, 5.74) is 0.470. The standard InChI is InChI=1S/C15H30N2/c1-15(2,3)7-8-16-9-10-17-11-13-5-4-6-14(13)12-17/h13-14,16H,4-12H2,1-3H3. The van der Waals surface area contributed by atoms with Gasteiger partial charge >= 0.3 is 0 Å². The molecular weight excluding hydrogens is 208 g/mol. The maximum atomic E-state index is 3.59. The van der Waals surface area contributed by atoms with E-state index in [1.807, 2.05) is 0 Å². The highest BCUT2D eigenvalue weighted by Gasteiger charge is 2.35. The second-order valence-corrected chi connectivity index (χ2v) is 7.27. The molecule has 1 N–H and O–H groups in total. The van der Waals surface area contributed by atoms with Crippen LogP contribution in [0.15, 0.2) is 0 Å². The molecule has 0 aromatic rings. The summed E-state index contributed by atoms with van der Waals surface area (Å²) < 4.78 is 0. The molecule has 0 spiro atoms. The number of hydrogen-bond donors (Lipinski definition) is 1. The van der Waals surface area contributed by atoms with Crippen LogP contribution in [0.5, 0.6) is 0 Å². The van der Waals surface area contributed by atoms with Gasteiger partial charge in [0.25, 0.3) is 0 Å². The molecular formula is C15H30N2. The second-order valence-electron chi connectivity index (χ2n) is 7.27. The van der Waals surface area contributed by atoms with E-state index in [9.17, 15) is 0 Å². The molecule has 2 nitrogen and oxygen atoms in total. The Kier molecular flexibility index (Phi) is 4.48. The molecule has 17 heavy (non-hydrogen) atoms. The lowest BCUT2D eigenvalue weighted by molar-refractivity contribution is 0.302. The van der Waals surface area contributed by atoms with Crippen molar-refractivity contribution in [1.29, 1.82) is 0 Å². The van der Waals surface area contributed by atoms with Crippen molar-refractivity contribution in [1.82, 2.24) is 10.2 Å². The molecule has 1 saturated heterocycles. The van der Waals surface area contributed by atoms with Crippen LogP contribution in [0, 0.1) is 17.3 Å². The molecule has 0 radical (unpaired) electrons. The van der Waals surface area contributed by atoms with Crippen LogP contribution in [-0.2, 0) is 0 Å². The lowest BCUT2D eigenvalue weighted by atomic mass is 9.92. The van der Waals surface area contributed by atoms with Crippen LogP contribution >= 0.6 is 0 Å². The summed E-state index contributed by atoms with van der Waals surface area (Å²) >= 11 is 0. The van der Waals surface area contributed by atoms with Crippen LogP contribution in [0.4, 0.5) is 0 Å². The zero-order valence-electron chi connectivity index (χ0n) is 12.0. The molecule has 2 atom stereocenters. The van der Waals surface area contributed by atoms with Gasteiger partial charge in [-0.2, -0.15) is 0 Å². The van der Waals surface area contributed by atoms with E-state index >= 15 is 0 Å². The summed E-state index contributed by atoms with van der Waals surface area (Å²) in [4.78, 5) is 2.68. The van der Waals surface area contributed by atoms with E-state index < -0.39 is 0 Å². The zero-order valence-corrected chi connectivity index (χ0v) is 12.0. The van der Waals surface area contributed by atoms with Crippen LogP contribution in [0.2, 0.25) is 0 Å². The third-order valence-electron chi connectivity index (χ3n) is 4.46. The van der Waals surface area contributed by atoms with Gasteiger partial charge in [-0.1, -0.05) is 27.2 Å². The molecule has 1 aliphatic heterocycles. The minimum Gasteiger partial charge on any atom is -0.315 e. The van der Waals surface area contributed by atoms with Gasteiger partial charge in [-0.15, -0.1) is 0 Å². The number of nitrogens with one attached hydrogen (secondary N) is 1. The fourth-order valence-electron chi connectivity index (χ4n) is 3.34. The summed E-state index contributed by atoms with van der Waals surface area (Å²) in [6.07, 6.45) is 5.77. The van der Waals surface area contributed by atoms with Crippen LogP contribution in [0.25, 0.3) is 0 Å². The van der Waals surface area contributed by atoms with E-state index in [1.165, 1.54) is 58.4 Å². The second kappa shape index (κ2) is 5.71. The van der Waals surface area contributed by atoms with Crippen molar-refractivity contribution in [3.05, 3.63) is 0 Å². The normalized spacial score (nSPS) is 29.8. The molecule has 0 bridgehead atoms. The van der Waals surface area contributed by atoms with Crippen LogP contribution < -0.4 is 5.32 Å². The lowest BCUT2D eigenvalue weighted by Gasteiger charge is -2.20. The first-order valence-corrected chi connectivity index (χ1v) is 7.48. The molecule has 2 heteroatoms. The van der Waals surface area contributed by atoms with E-state index in [0.717, 1.165) is 11.8 Å². The Morgan fingerprint density at radius 1 is 1.06 bits per heavy atom. The van der Waals surface area contributed by atoms with Crippen molar-refractivity contribution < 1.29 is 0 Å². The zero-order chi connectivity index (χ0) is 12.3. The van der Waals surface area contributed by atoms with E-state index in [0.29, 0.717) is 5.41 Å². The van der Waals surface area contributed by atoms with Gasteiger partial charge in [0.05, 0.1) is 0 Å². The minimum absolute atomic E-state index is 0.470. The SMILES string of the molecule is CC(C)(C)CCNCCN1CC2CCCC2C1. The number of nitrogens with zero attached hydrogens (tertiary/aromatic N) is 1. The number of hydrogen-bond acceptors (Lipinski definition) is 2. The third kappa shape index (κ3) is 4.26. The molecule has 2 unspecified atom stereocenters. The summed E-state index contributed by atoms with van der Waals surface area (Å²) in [7, 11) is 0. The molecule has 2 fully saturated rings. The van der Waals surface area contributed by atoms with Crippen molar-refractivity contribution in [2.75, 3.05) is 32.7 Å². The Hall–Kier alpha value is -0.0800. The van der Waals surface area contributed by atoms with Crippen molar-refractivity contribution in [2.24, 2.45) is 17.3 Å². The molecule has 2 rings (SSSR count). The van der Waals surface area contributed by atoms with Gasteiger partial charge in [0.15, 0.2) is 0 Å². The van der Waals surface area contributed by atoms with Crippen molar-refractivity contribution >= 4 is 0 Å². The Labute approximate surface area is 107 Å². The quantitative estimate of drug-likeness (QED) is 0.741. The maximum absolute atomic E-state index is 3.59. The number of fused-ring (bicyclic) bond motifs is 1. The van der Waals surface area contributed by atoms with Crippen LogP contribution in [0.1, 0.15) is 46.5 Å². The summed E-state index contributed by atoms with van der Waals surface area (Å²) in [6.45, 7) is 13.3. The van der Waals surface area contributed by atoms with E-state index in [4.69, 9.17) is 0 Å². The van der Waals surface area contributed by atoms with Crippen molar-refractivity contribution in [3.8, 4) is 0 Å². The van der Waals surface area contributed by atoms with E-state index in [1.54, 1.807) is 0 Å². The first kappa shape index (κ1) is 13.4. The molecule has 2 aliphatic rings. The van der Waals surface area contributed by atoms with Gasteiger partial charge in [-0.25, -0.2) is 0 Å². The lowest BCUT2D eigenvalue weighted by Crippen LogP contribution is -2.32. The third-order valence-corrected chi connectivity index (χ3v) is 4.46. The smallest absolute Gasteiger partial charge is 0.0107 e. The van der Waals surface area contributed by atoms with Gasteiger partial charge in [-0.05, 0) is 43.1 Å². The van der Waals surface area contributed by atoms with Gasteiger partial charge in [-0.3, -0.25) is 0 Å². The van der Waals surface area contributed by atoms with Gasteiger partial charge in [0.1, 0.15) is 0 Å². The fraction of sp³-hybridized carbons (Fsp3) is 1.00. The van der Waals surface area contributed by atoms with E-state index in [2.05, 4.69) is 31.0 Å². The molecule has 0 amide bonds. The number of likely N-dealkylation sites (tertiary alicyclic amines) is 1. The average molecular weight is 238 g/mol. The summed E-state index contributed by atoms with van der Waals surface area (Å²) in [6, 6.07) is 0. The first-order chi connectivity index (χ1) is 8.04. The highest BCUT2D eigenvalue weighted by Crippen LogP contribution is 2.37. The molecule has 1 saturated carbocycles. The number of rotatable bonds is 5. The first-order valence-electron chi connectivity index (χ1n) is 7.48. The van der Waals surface area contributed by atoms with Gasteiger partial charge < -0.3 is 10.2 Å². The minimum atomic E-state index is 0.470. The topological polar surface area (TPSA) is 15.3 Å². The van der Waals surface area contributed by atoms with Crippen molar-refractivity contribution in [3.63, 3.8) is 0 Å². The fourth-order valence-corrected chi connectivity index (χ4v) is 3.34. The summed E-state index contributed by atoms with van der Waals surface area (Å²) in [5.74, 6) is 2.09. The monoisotopic (exact) mass is 238 g/mol. The molecule has 1 aliphatic carbocycles. The van der Waals surface area contributed by atoms with Gasteiger partial charge in [0, 0.05) is 26.2 Å². The average Bonchev–Trinajstić information content (AvgIpc) is 2.75.